The van der Waals surface area contributed by atoms with Crippen molar-refractivity contribution in [2.75, 3.05) is 0 Å². The zero-order valence-electron chi connectivity index (χ0n) is 7.05. The van der Waals surface area contributed by atoms with Gasteiger partial charge >= 0.3 is 0 Å². The van der Waals surface area contributed by atoms with Crippen LogP contribution in [0.3, 0.4) is 0 Å². The topological polar surface area (TPSA) is 46.2 Å². The first kappa shape index (κ1) is 9.88. The van der Waals surface area contributed by atoms with Crippen molar-refractivity contribution in [2.24, 2.45) is 5.41 Å². The number of amides is 1. The van der Waals surface area contributed by atoms with E-state index in [-0.39, 0.29) is 5.41 Å². The van der Waals surface area contributed by atoms with Gasteiger partial charge in [-0.2, -0.15) is 0 Å². The fourth-order valence-electron chi connectivity index (χ4n) is 0.646. The Morgan fingerprint density at radius 1 is 1.27 bits per heavy atom. The Balaban J connectivity index is 4.46. The van der Waals surface area contributed by atoms with Crippen molar-refractivity contribution in [3.05, 3.63) is 11.8 Å². The first-order valence-corrected chi connectivity index (χ1v) is 3.38. The summed E-state index contributed by atoms with van der Waals surface area (Å²) in [7, 11) is 0. The van der Waals surface area contributed by atoms with Crippen LogP contribution in [0.5, 0.6) is 0 Å². The second-order valence-corrected chi connectivity index (χ2v) is 3.23. The first-order chi connectivity index (χ1) is 5.02. The molecule has 0 bridgehead atoms. The smallest absolute Gasteiger partial charge is 0.211 e. The lowest BCUT2D eigenvalue weighted by Gasteiger charge is -2.20. The first-order valence-electron chi connectivity index (χ1n) is 3.38. The molecule has 0 radical (unpaired) electrons. The number of carbonyl (C=O) groups is 2. The maximum atomic E-state index is 10.1. The van der Waals surface area contributed by atoms with E-state index in [2.05, 4.69) is 5.32 Å². The quantitative estimate of drug-likeness (QED) is 0.485. The summed E-state index contributed by atoms with van der Waals surface area (Å²) in [6.07, 6.45) is 2.59. The molecule has 3 heteroatoms. The normalized spacial score (nSPS) is 12.5. The van der Waals surface area contributed by atoms with Crippen molar-refractivity contribution in [2.45, 2.75) is 20.8 Å². The third-order valence-electron chi connectivity index (χ3n) is 1.26. The van der Waals surface area contributed by atoms with Crippen molar-refractivity contribution in [3.63, 3.8) is 0 Å². The number of rotatable bonds is 3. The summed E-state index contributed by atoms with van der Waals surface area (Å²) in [4.78, 5) is 20.2. The molecule has 3 nitrogen and oxygen atoms in total. The zero-order chi connectivity index (χ0) is 8.91. The summed E-state index contributed by atoms with van der Waals surface area (Å²) in [5.41, 5.74) is 0.435. The lowest BCUT2D eigenvalue weighted by atomic mass is 9.92. The molecule has 0 fully saturated rings. The minimum Gasteiger partial charge on any atom is -0.332 e. The van der Waals surface area contributed by atoms with Crippen molar-refractivity contribution in [1.29, 1.82) is 0 Å². The van der Waals surface area contributed by atoms with Gasteiger partial charge in [0.05, 0.1) is 0 Å². The van der Waals surface area contributed by atoms with Crippen LogP contribution in [-0.2, 0) is 9.59 Å². The van der Waals surface area contributed by atoms with Gasteiger partial charge in [-0.15, -0.1) is 0 Å². The molecule has 0 aliphatic carbocycles. The van der Waals surface area contributed by atoms with Crippen LogP contribution in [0.15, 0.2) is 11.8 Å². The molecule has 0 aromatic carbocycles. The van der Waals surface area contributed by atoms with Gasteiger partial charge in [0.25, 0.3) is 0 Å². The van der Waals surface area contributed by atoms with Gasteiger partial charge in [-0.3, -0.25) is 9.59 Å². The fraction of sp³-hybridized carbons (Fsp3) is 0.500. The number of carbonyl (C=O) groups excluding carboxylic acids is 2. The van der Waals surface area contributed by atoms with Gasteiger partial charge in [0.1, 0.15) is 6.29 Å². The van der Waals surface area contributed by atoms with E-state index in [0.717, 1.165) is 0 Å². The second kappa shape index (κ2) is 3.91. The predicted octanol–water partition coefficient (Wildman–Crippen LogP) is 0.861. The third-order valence-corrected chi connectivity index (χ3v) is 1.26. The molecule has 0 rings (SSSR count). The Hall–Kier alpha value is -1.12. The molecule has 0 atom stereocenters. The van der Waals surface area contributed by atoms with E-state index in [0.29, 0.717) is 18.4 Å². The number of hydrogen-bond acceptors (Lipinski definition) is 2. The maximum absolute atomic E-state index is 10.1. The predicted molar refractivity (Wildman–Crippen MR) is 42.8 cm³/mol. The van der Waals surface area contributed by atoms with Gasteiger partial charge < -0.3 is 5.32 Å². The average molecular weight is 155 g/mol. The van der Waals surface area contributed by atoms with Gasteiger partial charge in [0, 0.05) is 11.1 Å². The van der Waals surface area contributed by atoms with Crippen LogP contribution in [0.4, 0.5) is 0 Å². The minimum atomic E-state index is -0.193. The molecule has 0 aliphatic rings. The summed E-state index contributed by atoms with van der Waals surface area (Å²) in [6.45, 7) is 5.75. The SMILES string of the molecule is CC(C)(C)C(=CC=O)NC=O. The number of allylic oxidation sites excluding steroid dienone is 2. The van der Waals surface area contributed by atoms with Crippen LogP contribution >= 0.6 is 0 Å². The highest BCUT2D eigenvalue weighted by molar-refractivity contribution is 5.68. The minimum absolute atomic E-state index is 0.193. The van der Waals surface area contributed by atoms with Gasteiger partial charge in [0.15, 0.2) is 0 Å². The van der Waals surface area contributed by atoms with Gasteiger partial charge in [-0.25, -0.2) is 0 Å². The summed E-state index contributed by atoms with van der Waals surface area (Å²) in [5.74, 6) is 0. The van der Waals surface area contributed by atoms with Gasteiger partial charge in [-0.1, -0.05) is 20.8 Å². The van der Waals surface area contributed by atoms with Crippen molar-refractivity contribution < 1.29 is 9.59 Å². The standard InChI is InChI=1S/C8H13NO2/c1-8(2,3)7(4-5-10)9-6-11/h4-6H,1-3H3,(H,9,11). The van der Waals surface area contributed by atoms with E-state index < -0.39 is 0 Å². The Labute approximate surface area is 66.5 Å². The molecular formula is C8H13NO2. The van der Waals surface area contributed by atoms with E-state index in [4.69, 9.17) is 0 Å². The number of nitrogens with one attached hydrogen (secondary N) is 1. The van der Waals surface area contributed by atoms with E-state index in [9.17, 15) is 9.59 Å². The van der Waals surface area contributed by atoms with E-state index in [1.165, 1.54) is 6.08 Å². The molecule has 1 amide bonds. The molecule has 1 N–H and O–H groups in total. The number of hydrogen-bond donors (Lipinski definition) is 1. The average Bonchev–Trinajstić information content (AvgIpc) is 1.85. The maximum Gasteiger partial charge on any atom is 0.211 e. The van der Waals surface area contributed by atoms with Crippen molar-refractivity contribution in [1.82, 2.24) is 5.32 Å². The van der Waals surface area contributed by atoms with Crippen LogP contribution in [0.1, 0.15) is 20.8 Å². The molecule has 0 aromatic rings. The summed E-state index contributed by atoms with van der Waals surface area (Å²) in [6, 6.07) is 0. The molecular weight excluding hydrogens is 142 g/mol. The highest BCUT2D eigenvalue weighted by Gasteiger charge is 2.15. The lowest BCUT2D eigenvalue weighted by Crippen LogP contribution is -2.23. The third kappa shape index (κ3) is 3.55. The lowest BCUT2D eigenvalue weighted by molar-refractivity contribution is -0.109. The Morgan fingerprint density at radius 2 is 1.82 bits per heavy atom. The molecule has 11 heavy (non-hydrogen) atoms. The highest BCUT2D eigenvalue weighted by atomic mass is 16.1. The molecule has 0 aliphatic heterocycles. The fourth-order valence-corrected chi connectivity index (χ4v) is 0.646. The van der Waals surface area contributed by atoms with Gasteiger partial charge in [0.2, 0.25) is 6.41 Å². The van der Waals surface area contributed by atoms with Crippen LogP contribution in [0.2, 0.25) is 0 Å². The van der Waals surface area contributed by atoms with Crippen molar-refractivity contribution >= 4 is 12.7 Å². The molecule has 0 aromatic heterocycles. The Kier molecular flexibility index (Phi) is 3.51. The Bertz CT molecular complexity index is 177. The Morgan fingerprint density at radius 3 is 2.09 bits per heavy atom. The molecule has 0 unspecified atom stereocenters. The summed E-state index contributed by atoms with van der Waals surface area (Å²) < 4.78 is 0. The van der Waals surface area contributed by atoms with Crippen molar-refractivity contribution in [3.8, 4) is 0 Å². The van der Waals surface area contributed by atoms with E-state index >= 15 is 0 Å². The second-order valence-electron chi connectivity index (χ2n) is 3.23. The highest BCUT2D eigenvalue weighted by Crippen LogP contribution is 2.21. The monoisotopic (exact) mass is 155 g/mol. The van der Waals surface area contributed by atoms with Crippen LogP contribution < -0.4 is 5.32 Å². The van der Waals surface area contributed by atoms with Crippen LogP contribution in [0, 0.1) is 5.41 Å². The molecule has 62 valence electrons. The molecule has 0 saturated carbocycles. The summed E-state index contributed by atoms with van der Waals surface area (Å²) in [5, 5.41) is 2.47. The summed E-state index contributed by atoms with van der Waals surface area (Å²) >= 11 is 0. The van der Waals surface area contributed by atoms with Crippen LogP contribution in [0.25, 0.3) is 0 Å². The largest absolute Gasteiger partial charge is 0.332 e. The van der Waals surface area contributed by atoms with E-state index in [1.54, 1.807) is 0 Å². The molecule has 0 saturated heterocycles. The van der Waals surface area contributed by atoms with Crippen LogP contribution in [-0.4, -0.2) is 12.7 Å². The van der Waals surface area contributed by atoms with Gasteiger partial charge in [-0.05, 0) is 6.08 Å². The molecule has 0 spiro atoms. The molecule has 0 heterocycles. The van der Waals surface area contributed by atoms with E-state index in [1.807, 2.05) is 20.8 Å². The zero-order valence-corrected chi connectivity index (χ0v) is 7.05. The number of aldehydes is 1.